The zero-order valence-electron chi connectivity index (χ0n) is 12.6. The minimum Gasteiger partial charge on any atom is -0.310 e. The Morgan fingerprint density at radius 3 is 2.95 bits per heavy atom. The lowest BCUT2D eigenvalue weighted by Crippen LogP contribution is -2.24. The second-order valence-corrected chi connectivity index (χ2v) is 6.24. The van der Waals surface area contributed by atoms with E-state index in [0.717, 1.165) is 24.2 Å². The van der Waals surface area contributed by atoms with Crippen LogP contribution >= 0.6 is 11.3 Å². The molecule has 3 rings (SSSR count). The summed E-state index contributed by atoms with van der Waals surface area (Å²) in [5.74, 6) is 0. The molecular formula is C16H20N4S. The minimum atomic E-state index is 0.267. The van der Waals surface area contributed by atoms with Crippen molar-refractivity contribution in [3.05, 3.63) is 46.7 Å². The van der Waals surface area contributed by atoms with Gasteiger partial charge in [0.25, 0.3) is 0 Å². The lowest BCUT2D eigenvalue weighted by Gasteiger charge is -2.18. The zero-order valence-corrected chi connectivity index (χ0v) is 13.4. The number of aromatic nitrogens is 3. The van der Waals surface area contributed by atoms with Crippen LogP contribution < -0.4 is 5.32 Å². The Morgan fingerprint density at radius 2 is 2.24 bits per heavy atom. The Bertz CT molecular complexity index is 744. The molecule has 21 heavy (non-hydrogen) atoms. The van der Waals surface area contributed by atoms with E-state index in [2.05, 4.69) is 45.9 Å². The summed E-state index contributed by atoms with van der Waals surface area (Å²) >= 11 is 1.74. The summed E-state index contributed by atoms with van der Waals surface area (Å²) in [5.41, 5.74) is 4.63. The van der Waals surface area contributed by atoms with Gasteiger partial charge in [-0.3, -0.25) is 9.67 Å². The highest BCUT2D eigenvalue weighted by molar-refractivity contribution is 7.17. The van der Waals surface area contributed by atoms with Crippen LogP contribution in [0.4, 0.5) is 0 Å². The Balaban J connectivity index is 1.91. The number of aryl methyl sites for hydroxylation is 2. The fourth-order valence-corrected chi connectivity index (χ4v) is 3.46. The summed E-state index contributed by atoms with van der Waals surface area (Å²) in [4.78, 5) is 4.56. The molecule has 3 aromatic heterocycles. The molecule has 1 atom stereocenters. The largest absolute Gasteiger partial charge is 0.310 e. The summed E-state index contributed by atoms with van der Waals surface area (Å²) in [7, 11) is 2.01. The molecule has 0 fully saturated rings. The van der Waals surface area contributed by atoms with E-state index >= 15 is 0 Å². The highest BCUT2D eigenvalue weighted by Crippen LogP contribution is 2.24. The minimum absolute atomic E-state index is 0.267. The maximum Gasteiger partial charge on any atom is 0.0809 e. The number of fused-ring (bicyclic) bond motifs is 1. The lowest BCUT2D eigenvalue weighted by atomic mass is 10.0. The molecule has 1 unspecified atom stereocenters. The van der Waals surface area contributed by atoms with E-state index in [1.807, 2.05) is 24.9 Å². The molecule has 5 heteroatoms. The summed E-state index contributed by atoms with van der Waals surface area (Å²) in [6.45, 7) is 5.10. The molecule has 0 saturated carbocycles. The topological polar surface area (TPSA) is 42.7 Å². The molecule has 0 spiro atoms. The van der Waals surface area contributed by atoms with Crippen LogP contribution in [0.5, 0.6) is 0 Å². The molecule has 0 aliphatic carbocycles. The number of rotatable bonds is 5. The third-order valence-corrected chi connectivity index (χ3v) is 4.54. The third-order valence-electron chi connectivity index (χ3n) is 3.69. The van der Waals surface area contributed by atoms with Crippen LogP contribution in [0.2, 0.25) is 0 Å². The van der Waals surface area contributed by atoms with Gasteiger partial charge in [0.2, 0.25) is 0 Å². The maximum absolute atomic E-state index is 4.56. The summed E-state index contributed by atoms with van der Waals surface area (Å²) in [6, 6.07) is 6.74. The molecule has 3 aromatic rings. The van der Waals surface area contributed by atoms with Gasteiger partial charge >= 0.3 is 0 Å². The molecule has 1 N–H and O–H groups in total. The van der Waals surface area contributed by atoms with Crippen molar-refractivity contribution in [2.24, 2.45) is 7.05 Å². The second-order valence-electron chi connectivity index (χ2n) is 5.29. The monoisotopic (exact) mass is 300 g/mol. The van der Waals surface area contributed by atoms with Crippen LogP contribution in [-0.2, 0) is 13.5 Å². The number of pyridine rings is 1. The van der Waals surface area contributed by atoms with Gasteiger partial charge in [0, 0.05) is 31.4 Å². The smallest absolute Gasteiger partial charge is 0.0809 e. The SMILES string of the molecule is CCNC(Cc1cc(C)nn1C)c1cnc2ccsc2c1. The standard InChI is InChI=1S/C16H20N4S/c1-4-17-15(9-13-7-11(2)19-20(13)3)12-8-16-14(18-10-12)5-6-21-16/h5-8,10,15,17H,4,9H2,1-3H3. The number of thiophene rings is 1. The first-order chi connectivity index (χ1) is 10.2. The van der Waals surface area contributed by atoms with Crippen molar-refractivity contribution < 1.29 is 0 Å². The molecule has 110 valence electrons. The first kappa shape index (κ1) is 14.2. The van der Waals surface area contributed by atoms with Crippen LogP contribution in [0, 0.1) is 6.92 Å². The van der Waals surface area contributed by atoms with Crippen molar-refractivity contribution in [2.45, 2.75) is 26.3 Å². The predicted molar refractivity (Wildman–Crippen MR) is 87.7 cm³/mol. The molecule has 4 nitrogen and oxygen atoms in total. The molecule has 0 aliphatic rings. The molecule has 0 radical (unpaired) electrons. The van der Waals surface area contributed by atoms with Gasteiger partial charge in [0.05, 0.1) is 15.9 Å². The van der Waals surface area contributed by atoms with Crippen molar-refractivity contribution in [1.29, 1.82) is 0 Å². The summed E-state index contributed by atoms with van der Waals surface area (Å²) < 4.78 is 3.22. The van der Waals surface area contributed by atoms with Gasteiger partial charge in [-0.25, -0.2) is 0 Å². The number of hydrogen-bond acceptors (Lipinski definition) is 4. The quantitative estimate of drug-likeness (QED) is 0.786. The van der Waals surface area contributed by atoms with Gasteiger partial charge in [-0.05, 0) is 42.6 Å². The van der Waals surface area contributed by atoms with E-state index in [4.69, 9.17) is 0 Å². The van der Waals surface area contributed by atoms with Gasteiger partial charge in [0.15, 0.2) is 0 Å². The van der Waals surface area contributed by atoms with Crippen molar-refractivity contribution in [1.82, 2.24) is 20.1 Å². The van der Waals surface area contributed by atoms with E-state index in [-0.39, 0.29) is 6.04 Å². The number of nitrogens with zero attached hydrogens (tertiary/aromatic N) is 3. The Kier molecular flexibility index (Phi) is 4.03. The van der Waals surface area contributed by atoms with Gasteiger partial charge in [-0.1, -0.05) is 6.92 Å². The first-order valence-corrected chi connectivity index (χ1v) is 8.11. The average Bonchev–Trinajstić information content (AvgIpc) is 3.04. The molecule has 0 amide bonds. The van der Waals surface area contributed by atoms with E-state index in [1.165, 1.54) is 16.0 Å². The summed E-state index contributed by atoms with van der Waals surface area (Å²) in [5, 5.41) is 10.1. The van der Waals surface area contributed by atoms with Gasteiger partial charge < -0.3 is 5.32 Å². The van der Waals surface area contributed by atoms with Gasteiger partial charge in [-0.15, -0.1) is 11.3 Å². The van der Waals surface area contributed by atoms with Crippen molar-refractivity contribution in [2.75, 3.05) is 6.54 Å². The van der Waals surface area contributed by atoms with Crippen molar-refractivity contribution in [3.63, 3.8) is 0 Å². The maximum atomic E-state index is 4.56. The normalized spacial score (nSPS) is 12.9. The zero-order chi connectivity index (χ0) is 14.8. The Morgan fingerprint density at radius 1 is 1.38 bits per heavy atom. The Labute approximate surface area is 128 Å². The fourth-order valence-electron chi connectivity index (χ4n) is 2.67. The number of nitrogens with one attached hydrogen (secondary N) is 1. The van der Waals surface area contributed by atoms with Crippen molar-refractivity contribution >= 4 is 21.6 Å². The lowest BCUT2D eigenvalue weighted by molar-refractivity contribution is 0.528. The fraction of sp³-hybridized carbons (Fsp3) is 0.375. The second kappa shape index (κ2) is 5.95. The average molecular weight is 300 g/mol. The van der Waals surface area contributed by atoms with E-state index in [1.54, 1.807) is 11.3 Å². The molecule has 0 aliphatic heterocycles. The molecule has 0 saturated heterocycles. The van der Waals surface area contributed by atoms with E-state index < -0.39 is 0 Å². The molecule has 0 bridgehead atoms. The van der Waals surface area contributed by atoms with Crippen molar-refractivity contribution in [3.8, 4) is 0 Å². The predicted octanol–water partition coefficient (Wildman–Crippen LogP) is 3.23. The van der Waals surface area contributed by atoms with E-state index in [0.29, 0.717) is 0 Å². The number of hydrogen-bond donors (Lipinski definition) is 1. The summed E-state index contributed by atoms with van der Waals surface area (Å²) in [6.07, 6.45) is 2.91. The molecule has 3 heterocycles. The first-order valence-electron chi connectivity index (χ1n) is 7.23. The van der Waals surface area contributed by atoms with Gasteiger partial charge in [0.1, 0.15) is 0 Å². The van der Waals surface area contributed by atoms with Crippen LogP contribution in [0.3, 0.4) is 0 Å². The van der Waals surface area contributed by atoms with Crippen LogP contribution in [-0.4, -0.2) is 21.3 Å². The number of likely N-dealkylation sites (N-methyl/N-ethyl adjacent to an activating group) is 1. The van der Waals surface area contributed by atoms with Gasteiger partial charge in [-0.2, -0.15) is 5.10 Å². The molecular weight excluding hydrogens is 280 g/mol. The highest BCUT2D eigenvalue weighted by atomic mass is 32.1. The molecule has 0 aromatic carbocycles. The third kappa shape index (κ3) is 2.99. The van der Waals surface area contributed by atoms with Crippen LogP contribution in [0.25, 0.3) is 10.2 Å². The van der Waals surface area contributed by atoms with Crippen LogP contribution in [0.15, 0.2) is 29.8 Å². The van der Waals surface area contributed by atoms with Crippen LogP contribution in [0.1, 0.15) is 29.9 Å². The Hall–Kier alpha value is -1.72. The highest BCUT2D eigenvalue weighted by Gasteiger charge is 2.15. The van der Waals surface area contributed by atoms with E-state index in [9.17, 15) is 0 Å².